The Morgan fingerprint density at radius 3 is 2.14 bits per heavy atom. The van der Waals surface area contributed by atoms with Crippen LogP contribution in [-0.4, -0.2) is 11.7 Å². The van der Waals surface area contributed by atoms with E-state index in [1.165, 1.54) is 16.7 Å². The van der Waals surface area contributed by atoms with E-state index in [1.807, 2.05) is 0 Å². The first kappa shape index (κ1) is 14.3. The Balaban J connectivity index is 1.71. The van der Waals surface area contributed by atoms with E-state index in [-0.39, 0.29) is 5.60 Å². The minimum absolute atomic E-state index is 0.0358. The van der Waals surface area contributed by atoms with Gasteiger partial charge >= 0.3 is 0 Å². The molecule has 1 fully saturated rings. The van der Waals surface area contributed by atoms with E-state index in [4.69, 9.17) is 4.74 Å². The highest BCUT2D eigenvalue weighted by molar-refractivity contribution is 5.63. The molecule has 0 amide bonds. The monoisotopic (exact) mass is 280 g/mol. The molecule has 1 aliphatic heterocycles. The molecule has 0 spiro atoms. The topological polar surface area (TPSA) is 9.23 Å². The Hall–Kier alpha value is -1.60. The van der Waals surface area contributed by atoms with Crippen molar-refractivity contribution in [1.82, 2.24) is 0 Å². The van der Waals surface area contributed by atoms with E-state index >= 15 is 0 Å². The molecular formula is C20H24O. The standard InChI is InChI=1S/C20H24O/c1-15-14-20(2,3)21-19(15)13-16-9-11-18(12-10-16)17-7-5-4-6-8-17/h4-12,15,19H,13-14H2,1-3H3/t15-,19+/m0/s1. The highest BCUT2D eigenvalue weighted by Gasteiger charge is 2.37. The van der Waals surface area contributed by atoms with Crippen LogP contribution in [0, 0.1) is 5.92 Å². The summed E-state index contributed by atoms with van der Waals surface area (Å²) in [7, 11) is 0. The molecule has 0 bridgehead atoms. The molecule has 0 radical (unpaired) electrons. The van der Waals surface area contributed by atoms with E-state index in [0.717, 1.165) is 12.8 Å². The normalized spacial score (nSPS) is 24.1. The lowest BCUT2D eigenvalue weighted by molar-refractivity contribution is -0.0192. The fourth-order valence-corrected chi connectivity index (χ4v) is 3.42. The van der Waals surface area contributed by atoms with Crippen LogP contribution in [0.3, 0.4) is 0 Å². The third-order valence-corrected chi connectivity index (χ3v) is 4.42. The summed E-state index contributed by atoms with van der Waals surface area (Å²) in [6, 6.07) is 19.4. The molecular weight excluding hydrogens is 256 g/mol. The van der Waals surface area contributed by atoms with E-state index in [0.29, 0.717) is 12.0 Å². The van der Waals surface area contributed by atoms with Crippen LogP contribution in [0.5, 0.6) is 0 Å². The quantitative estimate of drug-likeness (QED) is 0.760. The average Bonchev–Trinajstić information content (AvgIpc) is 2.73. The van der Waals surface area contributed by atoms with Crippen molar-refractivity contribution >= 4 is 0 Å². The van der Waals surface area contributed by atoms with Gasteiger partial charge in [0, 0.05) is 0 Å². The Labute approximate surface area is 128 Å². The maximum absolute atomic E-state index is 6.18. The number of ether oxygens (including phenoxy) is 1. The molecule has 3 rings (SSSR count). The molecule has 2 aromatic rings. The van der Waals surface area contributed by atoms with Crippen LogP contribution in [0.1, 0.15) is 32.8 Å². The minimum Gasteiger partial charge on any atom is -0.372 e. The molecule has 1 heteroatoms. The maximum atomic E-state index is 6.18. The molecule has 1 aliphatic rings. The first-order valence-electron chi connectivity index (χ1n) is 7.86. The first-order valence-corrected chi connectivity index (χ1v) is 7.86. The van der Waals surface area contributed by atoms with Crippen molar-refractivity contribution < 1.29 is 4.74 Å². The van der Waals surface area contributed by atoms with Crippen LogP contribution in [0.4, 0.5) is 0 Å². The van der Waals surface area contributed by atoms with Crippen LogP contribution in [-0.2, 0) is 11.2 Å². The van der Waals surface area contributed by atoms with Gasteiger partial charge in [0.1, 0.15) is 0 Å². The summed E-state index contributed by atoms with van der Waals surface area (Å²) in [5.41, 5.74) is 3.95. The van der Waals surface area contributed by atoms with Crippen molar-refractivity contribution in [2.45, 2.75) is 45.3 Å². The zero-order chi connectivity index (χ0) is 14.9. The minimum atomic E-state index is 0.0358. The lowest BCUT2D eigenvalue weighted by Crippen LogP contribution is -2.21. The predicted octanol–water partition coefficient (Wildman–Crippen LogP) is 5.10. The number of benzene rings is 2. The third-order valence-electron chi connectivity index (χ3n) is 4.42. The molecule has 1 heterocycles. The molecule has 1 nitrogen and oxygen atoms in total. The van der Waals surface area contributed by atoms with Gasteiger partial charge in [-0.05, 0) is 49.3 Å². The summed E-state index contributed by atoms with van der Waals surface area (Å²) >= 11 is 0. The van der Waals surface area contributed by atoms with Crippen LogP contribution >= 0.6 is 0 Å². The summed E-state index contributed by atoms with van der Waals surface area (Å²) < 4.78 is 6.18. The molecule has 21 heavy (non-hydrogen) atoms. The second-order valence-electron chi connectivity index (χ2n) is 6.86. The zero-order valence-electron chi connectivity index (χ0n) is 13.2. The number of hydrogen-bond acceptors (Lipinski definition) is 1. The van der Waals surface area contributed by atoms with Crippen molar-refractivity contribution in [1.29, 1.82) is 0 Å². The van der Waals surface area contributed by atoms with Crippen molar-refractivity contribution in [2.24, 2.45) is 5.92 Å². The summed E-state index contributed by atoms with van der Waals surface area (Å²) in [4.78, 5) is 0. The Kier molecular flexibility index (Phi) is 3.86. The summed E-state index contributed by atoms with van der Waals surface area (Å²) in [6.07, 6.45) is 2.52. The predicted molar refractivity (Wildman–Crippen MR) is 88.3 cm³/mol. The molecule has 0 N–H and O–H groups in total. The van der Waals surface area contributed by atoms with Crippen molar-refractivity contribution in [3.05, 3.63) is 60.2 Å². The Morgan fingerprint density at radius 1 is 0.952 bits per heavy atom. The van der Waals surface area contributed by atoms with Crippen molar-refractivity contribution in [3.8, 4) is 11.1 Å². The largest absolute Gasteiger partial charge is 0.372 e. The number of rotatable bonds is 3. The van der Waals surface area contributed by atoms with Crippen LogP contribution in [0.2, 0.25) is 0 Å². The van der Waals surface area contributed by atoms with Crippen molar-refractivity contribution in [3.63, 3.8) is 0 Å². The number of hydrogen-bond donors (Lipinski definition) is 0. The second-order valence-corrected chi connectivity index (χ2v) is 6.86. The van der Waals surface area contributed by atoms with E-state index in [2.05, 4.69) is 75.4 Å². The molecule has 110 valence electrons. The Bertz CT molecular complexity index is 583. The molecule has 2 atom stereocenters. The second kappa shape index (κ2) is 5.65. The van der Waals surface area contributed by atoms with Gasteiger partial charge in [-0.2, -0.15) is 0 Å². The summed E-state index contributed by atoms with van der Waals surface area (Å²) in [5, 5.41) is 0. The Morgan fingerprint density at radius 2 is 1.57 bits per heavy atom. The van der Waals surface area contributed by atoms with Crippen molar-refractivity contribution in [2.75, 3.05) is 0 Å². The van der Waals surface area contributed by atoms with Gasteiger partial charge < -0.3 is 4.74 Å². The first-order chi connectivity index (χ1) is 10.0. The molecule has 1 saturated heterocycles. The van der Waals surface area contributed by atoms with E-state index in [9.17, 15) is 0 Å². The van der Waals surface area contributed by atoms with Gasteiger partial charge in [-0.15, -0.1) is 0 Å². The molecule has 2 aromatic carbocycles. The van der Waals surface area contributed by atoms with Gasteiger partial charge in [0.25, 0.3) is 0 Å². The van der Waals surface area contributed by atoms with Crippen LogP contribution in [0.25, 0.3) is 11.1 Å². The van der Waals surface area contributed by atoms with Gasteiger partial charge in [-0.25, -0.2) is 0 Å². The molecule has 0 aliphatic carbocycles. The SMILES string of the molecule is C[C@H]1CC(C)(C)O[C@@H]1Cc1ccc(-c2ccccc2)cc1. The third kappa shape index (κ3) is 3.36. The molecule has 0 aromatic heterocycles. The lowest BCUT2D eigenvalue weighted by atomic mass is 9.92. The maximum Gasteiger partial charge on any atom is 0.0649 e. The van der Waals surface area contributed by atoms with Gasteiger partial charge in [0.15, 0.2) is 0 Å². The fraction of sp³-hybridized carbons (Fsp3) is 0.400. The lowest BCUT2D eigenvalue weighted by Gasteiger charge is -2.19. The fourth-order valence-electron chi connectivity index (χ4n) is 3.42. The van der Waals surface area contributed by atoms with Gasteiger partial charge in [0.05, 0.1) is 11.7 Å². The van der Waals surface area contributed by atoms with Crippen LogP contribution < -0.4 is 0 Å². The van der Waals surface area contributed by atoms with Gasteiger partial charge in [0.2, 0.25) is 0 Å². The smallest absolute Gasteiger partial charge is 0.0649 e. The van der Waals surface area contributed by atoms with Gasteiger partial charge in [-0.1, -0.05) is 61.5 Å². The van der Waals surface area contributed by atoms with E-state index in [1.54, 1.807) is 0 Å². The average molecular weight is 280 g/mol. The van der Waals surface area contributed by atoms with Gasteiger partial charge in [-0.3, -0.25) is 0 Å². The summed E-state index contributed by atoms with van der Waals surface area (Å²) in [5.74, 6) is 0.633. The van der Waals surface area contributed by atoms with Crippen LogP contribution in [0.15, 0.2) is 54.6 Å². The molecule has 0 unspecified atom stereocenters. The molecule has 0 saturated carbocycles. The van der Waals surface area contributed by atoms with E-state index < -0.39 is 0 Å². The zero-order valence-corrected chi connectivity index (χ0v) is 13.2. The highest BCUT2D eigenvalue weighted by atomic mass is 16.5. The summed E-state index contributed by atoms with van der Waals surface area (Å²) in [6.45, 7) is 6.70. The highest BCUT2D eigenvalue weighted by Crippen LogP contribution is 2.35.